The number of aliphatic hydroxyl groups is 1. The highest BCUT2D eigenvalue weighted by molar-refractivity contribution is 8.00. The van der Waals surface area contributed by atoms with Crippen LogP contribution in [0, 0.1) is 0 Å². The summed E-state index contributed by atoms with van der Waals surface area (Å²) in [5.41, 5.74) is 2.00. The monoisotopic (exact) mass is 288 g/mol. The van der Waals surface area contributed by atoms with Gasteiger partial charge in [0.05, 0.1) is 22.2 Å². The number of fused-ring (bicyclic) bond motifs is 1. The lowest BCUT2D eigenvalue weighted by Gasteiger charge is -2.09. The molecule has 0 amide bonds. The Morgan fingerprint density at radius 1 is 1.59 bits per heavy atom. The summed E-state index contributed by atoms with van der Waals surface area (Å²) in [5.74, 6) is 0.242. The zero-order chi connectivity index (χ0) is 12.3. The van der Waals surface area contributed by atoms with E-state index in [4.69, 9.17) is 11.6 Å². The van der Waals surface area contributed by atoms with Crippen LogP contribution < -0.4 is 5.32 Å². The maximum absolute atomic E-state index is 9.37. The summed E-state index contributed by atoms with van der Waals surface area (Å²) in [6.07, 6.45) is 1.50. The molecule has 3 nitrogen and oxygen atoms in total. The Hall–Kier alpha value is -0.490. The lowest BCUT2D eigenvalue weighted by molar-refractivity contribution is 0.211. The first-order valence-electron chi connectivity index (χ1n) is 5.15. The number of nitrogens with zero attached hydrogens (tertiary/aromatic N) is 1. The molecule has 0 aliphatic carbocycles. The SMILES string of the molecule is CSc1nc2ccc(NCC(O)CCl)cc2s1. The standard InChI is InChI=1S/C11H13ClN2OS2/c1-16-11-14-9-3-2-7(4-10(9)17-11)13-6-8(15)5-12/h2-4,8,13,15H,5-6H2,1H3. The second-order valence-electron chi connectivity index (χ2n) is 3.56. The van der Waals surface area contributed by atoms with Crippen molar-refractivity contribution < 1.29 is 5.11 Å². The fourth-order valence-corrected chi connectivity index (χ4v) is 3.03. The van der Waals surface area contributed by atoms with Gasteiger partial charge in [-0.3, -0.25) is 0 Å². The number of aromatic nitrogens is 1. The number of hydrogen-bond donors (Lipinski definition) is 2. The number of benzene rings is 1. The van der Waals surface area contributed by atoms with Gasteiger partial charge < -0.3 is 10.4 Å². The van der Waals surface area contributed by atoms with Gasteiger partial charge in [-0.05, 0) is 24.5 Å². The van der Waals surface area contributed by atoms with E-state index in [0.717, 1.165) is 20.2 Å². The van der Waals surface area contributed by atoms with Crippen molar-refractivity contribution in [3.8, 4) is 0 Å². The van der Waals surface area contributed by atoms with Gasteiger partial charge in [-0.1, -0.05) is 11.8 Å². The largest absolute Gasteiger partial charge is 0.390 e. The predicted octanol–water partition coefficient (Wildman–Crippen LogP) is 3.03. The summed E-state index contributed by atoms with van der Waals surface area (Å²) in [4.78, 5) is 4.47. The summed E-state index contributed by atoms with van der Waals surface area (Å²) in [7, 11) is 0. The first-order chi connectivity index (χ1) is 8.22. The van der Waals surface area contributed by atoms with Gasteiger partial charge in [-0.2, -0.15) is 0 Å². The van der Waals surface area contributed by atoms with Gasteiger partial charge in [0.1, 0.15) is 0 Å². The van der Waals surface area contributed by atoms with Gasteiger partial charge in [0.2, 0.25) is 0 Å². The Kier molecular flexibility index (Phi) is 4.50. The predicted molar refractivity (Wildman–Crippen MR) is 76.6 cm³/mol. The molecular formula is C11H13ClN2OS2. The molecule has 0 saturated carbocycles. The molecule has 1 unspecified atom stereocenters. The highest BCUT2D eigenvalue weighted by Crippen LogP contribution is 2.29. The molecule has 17 heavy (non-hydrogen) atoms. The number of aliphatic hydroxyl groups excluding tert-OH is 1. The van der Waals surface area contributed by atoms with Gasteiger partial charge >= 0.3 is 0 Å². The summed E-state index contributed by atoms with van der Waals surface area (Å²) >= 11 is 8.86. The Bertz CT molecular complexity index is 503. The summed E-state index contributed by atoms with van der Waals surface area (Å²) < 4.78 is 2.22. The fraction of sp³-hybridized carbons (Fsp3) is 0.364. The Morgan fingerprint density at radius 2 is 2.41 bits per heavy atom. The second kappa shape index (κ2) is 5.91. The molecule has 0 aliphatic heterocycles. The van der Waals surface area contributed by atoms with Crippen LogP contribution in [0.5, 0.6) is 0 Å². The number of anilines is 1. The summed E-state index contributed by atoms with van der Waals surface area (Å²) in [6.45, 7) is 0.462. The number of halogens is 1. The molecule has 0 radical (unpaired) electrons. The van der Waals surface area contributed by atoms with Crippen LogP contribution in [-0.4, -0.2) is 34.9 Å². The van der Waals surface area contributed by atoms with E-state index in [1.807, 2.05) is 24.5 Å². The van der Waals surface area contributed by atoms with E-state index in [0.29, 0.717) is 6.54 Å². The summed E-state index contributed by atoms with van der Waals surface area (Å²) in [5, 5.41) is 12.5. The molecule has 1 heterocycles. The van der Waals surface area contributed by atoms with Crippen LogP contribution in [0.15, 0.2) is 22.5 Å². The van der Waals surface area contributed by atoms with Gasteiger partial charge in [0.25, 0.3) is 0 Å². The van der Waals surface area contributed by atoms with Gasteiger partial charge in [0.15, 0.2) is 4.34 Å². The van der Waals surface area contributed by atoms with Crippen molar-refractivity contribution in [2.75, 3.05) is 24.0 Å². The van der Waals surface area contributed by atoms with Crippen molar-refractivity contribution in [1.82, 2.24) is 4.98 Å². The summed E-state index contributed by atoms with van der Waals surface area (Å²) in [6, 6.07) is 6.00. The third-order valence-corrected chi connectivity index (χ3v) is 4.62. The van der Waals surface area contributed by atoms with Crippen LogP contribution in [-0.2, 0) is 0 Å². The molecule has 6 heteroatoms. The van der Waals surface area contributed by atoms with E-state index >= 15 is 0 Å². The number of nitrogens with one attached hydrogen (secondary N) is 1. The minimum absolute atomic E-state index is 0.242. The maximum Gasteiger partial charge on any atom is 0.150 e. The Morgan fingerprint density at radius 3 is 3.12 bits per heavy atom. The van der Waals surface area contributed by atoms with E-state index in [1.54, 1.807) is 23.1 Å². The number of rotatable bonds is 5. The van der Waals surface area contributed by atoms with Crippen molar-refractivity contribution in [2.45, 2.75) is 10.4 Å². The normalized spacial score (nSPS) is 12.9. The molecular weight excluding hydrogens is 276 g/mol. The molecule has 2 rings (SSSR count). The molecule has 1 aromatic heterocycles. The smallest absolute Gasteiger partial charge is 0.150 e. The Balaban J connectivity index is 2.13. The first kappa shape index (κ1) is 13.0. The molecule has 0 aliphatic rings. The molecule has 0 bridgehead atoms. The number of thioether (sulfide) groups is 1. The number of hydrogen-bond acceptors (Lipinski definition) is 5. The van der Waals surface area contributed by atoms with Crippen molar-refractivity contribution in [3.05, 3.63) is 18.2 Å². The molecule has 2 aromatic rings. The van der Waals surface area contributed by atoms with Crippen LogP contribution in [0.1, 0.15) is 0 Å². The zero-order valence-electron chi connectivity index (χ0n) is 9.31. The first-order valence-corrected chi connectivity index (χ1v) is 7.73. The number of alkyl halides is 1. The van der Waals surface area contributed by atoms with Crippen LogP contribution in [0.4, 0.5) is 5.69 Å². The minimum atomic E-state index is -0.518. The maximum atomic E-state index is 9.37. The Labute approximate surface area is 113 Å². The van der Waals surface area contributed by atoms with Crippen LogP contribution in [0.2, 0.25) is 0 Å². The van der Waals surface area contributed by atoms with Crippen LogP contribution >= 0.6 is 34.7 Å². The third kappa shape index (κ3) is 3.25. The molecule has 0 fully saturated rings. The highest BCUT2D eigenvalue weighted by atomic mass is 35.5. The zero-order valence-corrected chi connectivity index (χ0v) is 11.7. The van der Waals surface area contributed by atoms with E-state index in [2.05, 4.69) is 10.3 Å². The van der Waals surface area contributed by atoms with Gasteiger partial charge in [-0.25, -0.2) is 4.98 Å². The molecule has 1 atom stereocenters. The second-order valence-corrected chi connectivity index (χ2v) is 5.95. The van der Waals surface area contributed by atoms with Crippen molar-refractivity contribution in [3.63, 3.8) is 0 Å². The topological polar surface area (TPSA) is 45.2 Å². The van der Waals surface area contributed by atoms with Gasteiger partial charge in [-0.15, -0.1) is 22.9 Å². The minimum Gasteiger partial charge on any atom is -0.390 e. The van der Waals surface area contributed by atoms with E-state index in [-0.39, 0.29) is 5.88 Å². The molecule has 2 N–H and O–H groups in total. The van der Waals surface area contributed by atoms with Gasteiger partial charge in [0, 0.05) is 12.2 Å². The number of thiazole rings is 1. The average molecular weight is 289 g/mol. The van der Waals surface area contributed by atoms with Crippen molar-refractivity contribution in [1.29, 1.82) is 0 Å². The lowest BCUT2D eigenvalue weighted by atomic mass is 10.3. The van der Waals surface area contributed by atoms with Crippen LogP contribution in [0.25, 0.3) is 10.2 Å². The van der Waals surface area contributed by atoms with E-state index < -0.39 is 6.10 Å². The lowest BCUT2D eigenvalue weighted by Crippen LogP contribution is -2.20. The fourth-order valence-electron chi connectivity index (χ4n) is 1.39. The van der Waals surface area contributed by atoms with E-state index in [1.165, 1.54) is 0 Å². The molecule has 0 saturated heterocycles. The molecule has 92 valence electrons. The van der Waals surface area contributed by atoms with Crippen molar-refractivity contribution in [2.24, 2.45) is 0 Å². The average Bonchev–Trinajstić information content (AvgIpc) is 2.77. The quantitative estimate of drug-likeness (QED) is 0.656. The van der Waals surface area contributed by atoms with E-state index in [9.17, 15) is 5.11 Å². The van der Waals surface area contributed by atoms with Crippen molar-refractivity contribution >= 4 is 50.6 Å². The molecule has 0 spiro atoms. The third-order valence-electron chi connectivity index (χ3n) is 2.26. The highest BCUT2D eigenvalue weighted by Gasteiger charge is 2.05. The molecule has 1 aromatic carbocycles. The van der Waals surface area contributed by atoms with Crippen LogP contribution in [0.3, 0.4) is 0 Å².